The van der Waals surface area contributed by atoms with Crippen molar-refractivity contribution in [2.24, 2.45) is 40.5 Å². The lowest BCUT2D eigenvalue weighted by molar-refractivity contribution is 0.152. The fourth-order valence-electron chi connectivity index (χ4n) is 5.83. The molecule has 2 atom stereocenters. The highest BCUT2D eigenvalue weighted by Gasteiger charge is 2.27. The lowest BCUT2D eigenvalue weighted by Crippen LogP contribution is -2.43. The summed E-state index contributed by atoms with van der Waals surface area (Å²) in [6.07, 6.45) is 12.9. The molecule has 2 unspecified atom stereocenters. The van der Waals surface area contributed by atoms with Crippen LogP contribution in [0.4, 0.5) is 10.5 Å². The van der Waals surface area contributed by atoms with Crippen molar-refractivity contribution in [3.8, 4) is 0 Å². The summed E-state index contributed by atoms with van der Waals surface area (Å²) in [6, 6.07) is -0.361. The van der Waals surface area contributed by atoms with Crippen molar-refractivity contribution in [1.29, 1.82) is 10.8 Å². The number of urea groups is 1. The molecule has 0 saturated carbocycles. The number of amidine groups is 2. The average Bonchev–Trinajstić information content (AvgIpc) is 3.42. The minimum Gasteiger partial charge on any atom is -0.494 e. The van der Waals surface area contributed by atoms with E-state index in [1.54, 1.807) is 30.4 Å². The third kappa shape index (κ3) is 12.1. The third-order valence-electron chi connectivity index (χ3n) is 8.64. The molecule has 6 N–H and O–H groups in total. The fraction of sp³-hybridized carbons (Fsp3) is 0.588. The normalized spacial score (nSPS) is 19.9. The van der Waals surface area contributed by atoms with Crippen LogP contribution in [0.5, 0.6) is 0 Å². The molecule has 1 fully saturated rings. The first-order chi connectivity index (χ1) is 22.4. The minimum atomic E-state index is -0.361. The second-order valence-corrected chi connectivity index (χ2v) is 13.1. The van der Waals surface area contributed by atoms with Crippen LogP contribution in [0.15, 0.2) is 58.5 Å². The monoisotopic (exact) mass is 649 g/mol. The van der Waals surface area contributed by atoms with Gasteiger partial charge >= 0.3 is 6.03 Å². The van der Waals surface area contributed by atoms with E-state index in [0.717, 1.165) is 56.5 Å². The maximum Gasteiger partial charge on any atom is 0.320 e. The highest BCUT2D eigenvalue weighted by atomic mass is 16.5. The first-order valence-electron chi connectivity index (χ1n) is 16.5. The van der Waals surface area contributed by atoms with E-state index in [9.17, 15) is 4.79 Å². The predicted molar refractivity (Wildman–Crippen MR) is 190 cm³/mol. The number of nitrogens with zero attached hydrogens (tertiary/aromatic N) is 6. The quantitative estimate of drug-likeness (QED) is 0.119. The number of carbonyl (C=O) groups is 1. The average molecular weight is 650 g/mol. The van der Waals surface area contributed by atoms with Gasteiger partial charge in [-0.05, 0) is 76.1 Å². The summed E-state index contributed by atoms with van der Waals surface area (Å²) < 4.78 is 7.72. The molecule has 0 bridgehead atoms. The minimum absolute atomic E-state index is 0.0441. The smallest absolute Gasteiger partial charge is 0.320 e. The Morgan fingerprint density at radius 1 is 1.26 bits per heavy atom. The Balaban J connectivity index is 1.49. The van der Waals surface area contributed by atoms with Gasteiger partial charge in [-0.1, -0.05) is 32.1 Å². The number of aromatic nitrogens is 2. The number of guanidine groups is 1. The largest absolute Gasteiger partial charge is 0.494 e. The van der Waals surface area contributed by atoms with Gasteiger partial charge in [0.2, 0.25) is 5.96 Å². The van der Waals surface area contributed by atoms with Crippen molar-refractivity contribution in [1.82, 2.24) is 30.2 Å². The van der Waals surface area contributed by atoms with Gasteiger partial charge in [0, 0.05) is 51.8 Å². The van der Waals surface area contributed by atoms with Crippen molar-refractivity contribution in [3.05, 3.63) is 48.5 Å². The van der Waals surface area contributed by atoms with Gasteiger partial charge in [0.25, 0.3) is 0 Å². The summed E-state index contributed by atoms with van der Waals surface area (Å²) in [5.41, 5.74) is 9.37. The van der Waals surface area contributed by atoms with Crippen LogP contribution in [0.25, 0.3) is 0 Å². The third-order valence-corrected chi connectivity index (χ3v) is 8.64. The Bertz CT molecular complexity index is 1360. The van der Waals surface area contributed by atoms with Crippen LogP contribution in [0.1, 0.15) is 59.3 Å². The first-order valence-corrected chi connectivity index (χ1v) is 16.5. The van der Waals surface area contributed by atoms with Gasteiger partial charge < -0.3 is 31.0 Å². The highest BCUT2D eigenvalue weighted by molar-refractivity contribution is 6.09. The van der Waals surface area contributed by atoms with Crippen LogP contribution in [0, 0.1) is 28.6 Å². The Kier molecular flexibility index (Phi) is 14.4. The number of hydrogen-bond acceptors (Lipinski definition) is 7. The van der Waals surface area contributed by atoms with Crippen molar-refractivity contribution >= 4 is 35.1 Å². The van der Waals surface area contributed by atoms with Crippen molar-refractivity contribution in [2.45, 2.75) is 65.4 Å². The molecule has 13 nitrogen and oxygen atoms in total. The number of nitrogens with two attached hydrogens (primary N) is 1. The van der Waals surface area contributed by atoms with Gasteiger partial charge in [0.1, 0.15) is 23.5 Å². The van der Waals surface area contributed by atoms with Crippen LogP contribution in [-0.2, 0) is 11.8 Å². The van der Waals surface area contributed by atoms with Gasteiger partial charge in [0.05, 0.1) is 18.7 Å². The summed E-state index contributed by atoms with van der Waals surface area (Å²) in [7, 11) is 6.00. The van der Waals surface area contributed by atoms with Gasteiger partial charge in [-0.15, -0.1) is 0 Å². The van der Waals surface area contributed by atoms with Gasteiger partial charge in [0.15, 0.2) is 0 Å². The summed E-state index contributed by atoms with van der Waals surface area (Å²) in [6.45, 7) is 13.1. The SMILES string of the molecule is C=CC1=C(C)C(CNC(=O)NC(CC(=N)C(C)C)=Nc2cnn(C)c2)CCC1O/C=C/CC(N)=NC(=N)N1CCC(CN(C)C)CC1. The second-order valence-electron chi connectivity index (χ2n) is 13.1. The van der Waals surface area contributed by atoms with Crippen molar-refractivity contribution < 1.29 is 9.53 Å². The Morgan fingerprint density at radius 2 is 1.98 bits per heavy atom. The number of likely N-dealkylation sites (tertiary alicyclic amines) is 1. The standard InChI is InChI=1S/C34H55N11O2/c1-8-28-24(4)26(19-38-34(46)42-32(18-29(35)23(2)3)40-27-20-39-44(7)22-27)11-12-30(28)47-17-9-10-31(36)41-33(37)45-15-13-25(14-16-45)21-43(5)6/h8-9,17,20,22-23,25-26,30,35H,1,10-16,18-19,21H2,2-7H3,(H3,36,37,41)(H2,38,40,42,46)/b17-9+,35-29?. The Hall–Kier alpha value is -4.26. The van der Waals surface area contributed by atoms with Crippen molar-refractivity contribution in [3.63, 3.8) is 0 Å². The molecular weight excluding hydrogens is 594 g/mol. The fourth-order valence-corrected chi connectivity index (χ4v) is 5.83. The molecule has 1 aromatic rings. The zero-order chi connectivity index (χ0) is 34.5. The summed E-state index contributed by atoms with van der Waals surface area (Å²) in [5, 5.41) is 26.6. The number of nitrogens with one attached hydrogen (secondary N) is 4. The number of aryl methyl sites for hydroxylation is 1. The molecule has 0 radical (unpaired) electrons. The topological polar surface area (TPSA) is 173 Å². The highest BCUT2D eigenvalue weighted by Crippen LogP contribution is 2.32. The number of carbonyl (C=O) groups excluding carboxylic acids is 1. The number of ether oxygens (including phenoxy) is 1. The maximum absolute atomic E-state index is 12.9. The summed E-state index contributed by atoms with van der Waals surface area (Å²) in [4.78, 5) is 26.0. The zero-order valence-corrected chi connectivity index (χ0v) is 29.1. The van der Waals surface area contributed by atoms with Crippen LogP contribution >= 0.6 is 0 Å². The summed E-state index contributed by atoms with van der Waals surface area (Å²) in [5.74, 6) is 1.84. The molecule has 47 heavy (non-hydrogen) atoms. The lowest BCUT2D eigenvalue weighted by Gasteiger charge is -2.33. The molecule has 2 amide bonds. The zero-order valence-electron chi connectivity index (χ0n) is 29.1. The maximum atomic E-state index is 12.9. The van der Waals surface area contributed by atoms with E-state index in [0.29, 0.717) is 42.0 Å². The Labute approximate surface area is 280 Å². The molecule has 2 heterocycles. The van der Waals surface area contributed by atoms with E-state index in [1.807, 2.05) is 30.9 Å². The van der Waals surface area contributed by atoms with Gasteiger partial charge in [-0.25, -0.2) is 14.8 Å². The molecule has 2 aliphatic rings. The van der Waals surface area contributed by atoms with Crippen LogP contribution in [-0.4, -0.2) is 95.3 Å². The molecule has 1 aliphatic carbocycles. The molecule has 3 rings (SSSR count). The molecular formula is C34H55N11O2. The van der Waals surface area contributed by atoms with Gasteiger partial charge in [-0.3, -0.25) is 15.4 Å². The van der Waals surface area contributed by atoms with Crippen LogP contribution in [0.2, 0.25) is 0 Å². The molecule has 13 heteroatoms. The van der Waals surface area contributed by atoms with Crippen molar-refractivity contribution in [2.75, 3.05) is 40.3 Å². The molecule has 0 spiro atoms. The number of hydrogen-bond donors (Lipinski definition) is 5. The molecule has 1 saturated heterocycles. The number of aliphatic imine (C=N–C) groups is 2. The van der Waals surface area contributed by atoms with E-state index >= 15 is 0 Å². The molecule has 1 aromatic heterocycles. The molecule has 0 aromatic carbocycles. The van der Waals surface area contributed by atoms with E-state index in [2.05, 4.69) is 58.2 Å². The van der Waals surface area contributed by atoms with Gasteiger partial charge in [-0.2, -0.15) is 5.10 Å². The molecule has 258 valence electrons. The number of piperidine rings is 1. The van der Waals surface area contributed by atoms with E-state index < -0.39 is 0 Å². The van der Waals surface area contributed by atoms with E-state index in [4.69, 9.17) is 21.3 Å². The number of rotatable bonds is 13. The number of amides is 2. The first kappa shape index (κ1) is 37.2. The second kappa shape index (κ2) is 18.2. The Morgan fingerprint density at radius 3 is 2.60 bits per heavy atom. The summed E-state index contributed by atoms with van der Waals surface area (Å²) >= 11 is 0. The van der Waals surface area contributed by atoms with Crippen LogP contribution < -0.4 is 16.4 Å². The van der Waals surface area contributed by atoms with E-state index in [-0.39, 0.29) is 36.4 Å². The molecule has 1 aliphatic heterocycles. The lowest BCUT2D eigenvalue weighted by atomic mass is 9.81. The van der Waals surface area contributed by atoms with E-state index in [1.165, 1.54) is 0 Å². The van der Waals surface area contributed by atoms with Crippen LogP contribution in [0.3, 0.4) is 0 Å². The predicted octanol–water partition coefficient (Wildman–Crippen LogP) is 4.58.